The number of amides is 2. The van der Waals surface area contributed by atoms with Gasteiger partial charge in [0.15, 0.2) is 12.4 Å². The minimum absolute atomic E-state index is 0.184. The first-order valence-electron chi connectivity index (χ1n) is 13.1. The van der Waals surface area contributed by atoms with Crippen molar-refractivity contribution in [2.24, 2.45) is 11.8 Å². The summed E-state index contributed by atoms with van der Waals surface area (Å²) >= 11 is 5.85. The molecular weight excluding hydrogens is 526 g/mol. The van der Waals surface area contributed by atoms with E-state index in [9.17, 15) is 19.2 Å². The highest BCUT2D eigenvalue weighted by atomic mass is 35.5. The van der Waals surface area contributed by atoms with Gasteiger partial charge in [-0.25, -0.2) is 9.69 Å². The fourth-order valence-corrected chi connectivity index (χ4v) is 6.74. The fraction of sp³-hybridized carbons (Fsp3) is 0.152. The van der Waals surface area contributed by atoms with Gasteiger partial charge in [-0.15, -0.1) is 0 Å². The molecule has 40 heavy (non-hydrogen) atoms. The molecule has 1 fully saturated rings. The number of carbonyl (C=O) groups excluding carboxylic acids is 4. The highest BCUT2D eigenvalue weighted by molar-refractivity contribution is 6.30. The van der Waals surface area contributed by atoms with Gasteiger partial charge in [0, 0.05) is 22.4 Å². The van der Waals surface area contributed by atoms with E-state index < -0.39 is 24.4 Å². The molecule has 7 heteroatoms. The Kier molecular flexibility index (Phi) is 5.68. The lowest BCUT2D eigenvalue weighted by Gasteiger charge is -2.45. The molecular formula is C33H22ClNO5. The highest BCUT2D eigenvalue weighted by Crippen LogP contribution is 2.61. The van der Waals surface area contributed by atoms with Crippen molar-refractivity contribution < 1.29 is 23.9 Å². The molecule has 0 N–H and O–H groups in total. The van der Waals surface area contributed by atoms with Crippen LogP contribution in [0.4, 0.5) is 5.69 Å². The fourth-order valence-electron chi connectivity index (χ4n) is 6.61. The van der Waals surface area contributed by atoms with Crippen molar-refractivity contribution in [1.82, 2.24) is 0 Å². The molecule has 2 atom stereocenters. The molecule has 1 saturated heterocycles. The topological polar surface area (TPSA) is 80.8 Å². The zero-order valence-corrected chi connectivity index (χ0v) is 21.9. The Morgan fingerprint density at radius 3 is 1.57 bits per heavy atom. The van der Waals surface area contributed by atoms with Crippen LogP contribution >= 0.6 is 11.6 Å². The number of ketones is 1. The smallest absolute Gasteiger partial charge is 0.338 e. The number of anilines is 1. The SMILES string of the molecule is O=C(COC(=O)c1ccc(N2C(=O)[C@H]3C4c5ccccc5C(c5ccccc54)[C@@H]3C2=O)cc1)c1ccc(Cl)cc1. The number of imide groups is 1. The third kappa shape index (κ3) is 3.63. The lowest BCUT2D eigenvalue weighted by atomic mass is 9.55. The van der Waals surface area contributed by atoms with E-state index in [1.54, 1.807) is 36.4 Å². The van der Waals surface area contributed by atoms with Crippen LogP contribution in [-0.2, 0) is 14.3 Å². The maximum atomic E-state index is 13.9. The standard InChI is InChI=1S/C33H22ClNO5/c34-20-13-9-18(10-14-20)26(36)17-40-33(39)19-11-15-21(16-12-19)35-31(37)29-27-22-5-1-2-6-23(22)28(30(29)32(35)38)25-8-4-3-7-24(25)27/h1-16,27-30H,17H2/t27?,28?,29-,30-/m0/s1. The summed E-state index contributed by atoms with van der Waals surface area (Å²) < 4.78 is 5.20. The maximum absolute atomic E-state index is 13.9. The molecule has 0 saturated carbocycles. The van der Waals surface area contributed by atoms with Gasteiger partial charge < -0.3 is 4.74 Å². The highest BCUT2D eigenvalue weighted by Gasteiger charge is 2.61. The van der Waals surface area contributed by atoms with E-state index in [1.165, 1.54) is 17.0 Å². The first-order chi connectivity index (χ1) is 19.4. The molecule has 0 unspecified atom stereocenters. The first kappa shape index (κ1) is 24.5. The van der Waals surface area contributed by atoms with Gasteiger partial charge >= 0.3 is 5.97 Å². The molecule has 6 nitrogen and oxygen atoms in total. The largest absolute Gasteiger partial charge is 0.454 e. The number of halogens is 1. The number of esters is 1. The van der Waals surface area contributed by atoms with E-state index in [2.05, 4.69) is 24.3 Å². The molecule has 0 radical (unpaired) electrons. The van der Waals surface area contributed by atoms with Crippen LogP contribution in [-0.4, -0.2) is 30.2 Å². The zero-order chi connectivity index (χ0) is 27.5. The van der Waals surface area contributed by atoms with Gasteiger partial charge in [0.25, 0.3) is 0 Å². The quantitative estimate of drug-likeness (QED) is 0.180. The maximum Gasteiger partial charge on any atom is 0.338 e. The van der Waals surface area contributed by atoms with Crippen molar-refractivity contribution in [3.8, 4) is 0 Å². The third-order valence-corrected chi connectivity index (χ3v) is 8.56. The Balaban J connectivity index is 1.13. The Labute approximate surface area is 235 Å². The molecule has 0 spiro atoms. The molecule has 4 aliphatic rings. The van der Waals surface area contributed by atoms with E-state index in [1.807, 2.05) is 24.3 Å². The Hall–Kier alpha value is -4.55. The second-order valence-electron chi connectivity index (χ2n) is 10.3. The Bertz CT molecular complexity index is 1600. The molecule has 3 aliphatic carbocycles. The summed E-state index contributed by atoms with van der Waals surface area (Å²) in [7, 11) is 0. The van der Waals surface area contributed by atoms with E-state index in [4.69, 9.17) is 16.3 Å². The van der Waals surface area contributed by atoms with Crippen molar-refractivity contribution in [1.29, 1.82) is 0 Å². The summed E-state index contributed by atoms with van der Waals surface area (Å²) in [6.07, 6.45) is 0. The number of ether oxygens (including phenoxy) is 1. The minimum atomic E-state index is -0.675. The third-order valence-electron chi connectivity index (χ3n) is 8.31. The summed E-state index contributed by atoms with van der Waals surface area (Å²) in [6, 6.07) is 28.7. The predicted octanol–water partition coefficient (Wildman–Crippen LogP) is 5.78. The summed E-state index contributed by atoms with van der Waals surface area (Å²) in [6.45, 7) is -0.418. The summed E-state index contributed by atoms with van der Waals surface area (Å²) in [5.41, 5.74) is 5.46. The van der Waals surface area contributed by atoms with Crippen LogP contribution in [0.3, 0.4) is 0 Å². The Morgan fingerprint density at radius 1 is 0.650 bits per heavy atom. The second kappa shape index (κ2) is 9.28. The van der Waals surface area contributed by atoms with Gasteiger partial charge in [-0.3, -0.25) is 14.4 Å². The van der Waals surface area contributed by atoms with Crippen molar-refractivity contribution in [2.75, 3.05) is 11.5 Å². The van der Waals surface area contributed by atoms with Gasteiger partial charge in [0.2, 0.25) is 11.8 Å². The van der Waals surface area contributed by atoms with Gasteiger partial charge in [0.05, 0.1) is 23.1 Å². The van der Waals surface area contributed by atoms with E-state index in [-0.39, 0.29) is 35.0 Å². The minimum Gasteiger partial charge on any atom is -0.454 e. The normalized spacial score (nSPS) is 22.0. The zero-order valence-electron chi connectivity index (χ0n) is 21.1. The lowest BCUT2D eigenvalue weighted by Crippen LogP contribution is -2.41. The molecule has 1 heterocycles. The van der Waals surface area contributed by atoms with Crippen LogP contribution < -0.4 is 4.90 Å². The van der Waals surface area contributed by atoms with Crippen LogP contribution in [0.25, 0.3) is 0 Å². The molecule has 0 aromatic heterocycles. The molecule has 196 valence electrons. The van der Waals surface area contributed by atoms with Crippen LogP contribution in [0.1, 0.15) is 54.8 Å². The van der Waals surface area contributed by atoms with Gasteiger partial charge in [0.1, 0.15) is 0 Å². The number of carbonyl (C=O) groups is 4. The molecule has 1 aliphatic heterocycles. The molecule has 2 bridgehead atoms. The van der Waals surface area contributed by atoms with Gasteiger partial charge in [-0.1, -0.05) is 60.1 Å². The van der Waals surface area contributed by atoms with E-state index >= 15 is 0 Å². The monoisotopic (exact) mass is 547 g/mol. The van der Waals surface area contributed by atoms with Gasteiger partial charge in [-0.2, -0.15) is 0 Å². The first-order valence-corrected chi connectivity index (χ1v) is 13.4. The molecule has 4 aromatic carbocycles. The molecule has 8 rings (SSSR count). The van der Waals surface area contributed by atoms with Crippen LogP contribution in [0, 0.1) is 11.8 Å². The summed E-state index contributed by atoms with van der Waals surface area (Å²) in [5.74, 6) is -2.81. The van der Waals surface area contributed by atoms with E-state index in [0.717, 1.165) is 22.3 Å². The van der Waals surface area contributed by atoms with E-state index in [0.29, 0.717) is 16.3 Å². The molecule has 2 amide bonds. The van der Waals surface area contributed by atoms with Crippen LogP contribution in [0.5, 0.6) is 0 Å². The number of Topliss-reactive ketones (excluding diaryl/α,β-unsaturated/α-hetero) is 1. The number of hydrogen-bond acceptors (Lipinski definition) is 5. The van der Waals surface area contributed by atoms with Gasteiger partial charge in [-0.05, 0) is 70.8 Å². The lowest BCUT2D eigenvalue weighted by molar-refractivity contribution is -0.122. The van der Waals surface area contributed by atoms with Crippen molar-refractivity contribution in [3.63, 3.8) is 0 Å². The van der Waals surface area contributed by atoms with Crippen molar-refractivity contribution in [2.45, 2.75) is 11.8 Å². The average molecular weight is 548 g/mol. The number of hydrogen-bond donors (Lipinski definition) is 0. The summed E-state index contributed by atoms with van der Waals surface area (Å²) in [5, 5.41) is 0.504. The van der Waals surface area contributed by atoms with Crippen molar-refractivity contribution >= 4 is 40.9 Å². The van der Waals surface area contributed by atoms with Crippen LogP contribution in [0.2, 0.25) is 5.02 Å². The summed E-state index contributed by atoms with van der Waals surface area (Å²) in [4.78, 5) is 54.0. The van der Waals surface area contributed by atoms with Crippen molar-refractivity contribution in [3.05, 3.63) is 135 Å². The second-order valence-corrected chi connectivity index (χ2v) is 10.8. The number of nitrogens with zero attached hydrogens (tertiary/aromatic N) is 1. The Morgan fingerprint density at radius 2 is 1.10 bits per heavy atom. The number of benzene rings is 4. The van der Waals surface area contributed by atoms with Crippen LogP contribution in [0.15, 0.2) is 97.1 Å². The number of rotatable bonds is 5. The average Bonchev–Trinajstić information content (AvgIpc) is 3.26. The predicted molar refractivity (Wildman–Crippen MR) is 149 cm³/mol. The molecule has 4 aromatic rings.